The SMILES string of the molecule is COc1ccc(Cl)cc1S(=O)(=O)C1CCN(c2nc(-c3ccccc3)cs2)CC1. The van der Waals surface area contributed by atoms with Gasteiger partial charge in [-0.2, -0.15) is 0 Å². The lowest BCUT2D eigenvalue weighted by Gasteiger charge is -2.31. The highest BCUT2D eigenvalue weighted by atomic mass is 35.5. The van der Waals surface area contributed by atoms with Gasteiger partial charge < -0.3 is 9.64 Å². The quantitative estimate of drug-likeness (QED) is 0.554. The highest BCUT2D eigenvalue weighted by Gasteiger charge is 2.34. The van der Waals surface area contributed by atoms with E-state index in [0.717, 1.165) is 16.4 Å². The number of aromatic nitrogens is 1. The molecule has 0 spiro atoms. The third-order valence-electron chi connectivity index (χ3n) is 5.15. The van der Waals surface area contributed by atoms with Crippen molar-refractivity contribution in [1.29, 1.82) is 0 Å². The summed E-state index contributed by atoms with van der Waals surface area (Å²) in [6, 6.07) is 14.8. The van der Waals surface area contributed by atoms with Gasteiger partial charge in [-0.3, -0.25) is 0 Å². The van der Waals surface area contributed by atoms with Crippen LogP contribution in [0.1, 0.15) is 12.8 Å². The Labute approximate surface area is 179 Å². The largest absolute Gasteiger partial charge is 0.495 e. The molecule has 2 heterocycles. The molecule has 1 saturated heterocycles. The summed E-state index contributed by atoms with van der Waals surface area (Å²) in [7, 11) is -2.05. The summed E-state index contributed by atoms with van der Waals surface area (Å²) < 4.78 is 31.6. The average Bonchev–Trinajstić information content (AvgIpc) is 3.25. The Balaban J connectivity index is 1.49. The van der Waals surface area contributed by atoms with E-state index in [0.29, 0.717) is 36.7 Å². The number of sulfone groups is 1. The van der Waals surface area contributed by atoms with Crippen LogP contribution in [0.25, 0.3) is 11.3 Å². The maximum Gasteiger partial charge on any atom is 0.185 e. The molecule has 0 amide bonds. The van der Waals surface area contributed by atoms with E-state index in [2.05, 4.69) is 4.90 Å². The van der Waals surface area contributed by atoms with Crippen molar-refractivity contribution in [3.05, 3.63) is 58.9 Å². The van der Waals surface area contributed by atoms with Gasteiger partial charge in [0.2, 0.25) is 0 Å². The molecule has 0 atom stereocenters. The lowest BCUT2D eigenvalue weighted by Crippen LogP contribution is -2.39. The summed E-state index contributed by atoms with van der Waals surface area (Å²) in [6.45, 7) is 1.29. The van der Waals surface area contributed by atoms with Crippen LogP contribution in [0.5, 0.6) is 5.75 Å². The van der Waals surface area contributed by atoms with Gasteiger partial charge in [0.25, 0.3) is 0 Å². The Morgan fingerprint density at radius 1 is 1.14 bits per heavy atom. The van der Waals surface area contributed by atoms with Crippen molar-refractivity contribution in [2.45, 2.75) is 23.0 Å². The van der Waals surface area contributed by atoms with Gasteiger partial charge in [-0.15, -0.1) is 11.3 Å². The van der Waals surface area contributed by atoms with Crippen LogP contribution < -0.4 is 9.64 Å². The molecule has 1 aliphatic rings. The topological polar surface area (TPSA) is 59.5 Å². The Kier molecular flexibility index (Phi) is 5.81. The molecule has 8 heteroatoms. The zero-order valence-electron chi connectivity index (χ0n) is 15.9. The van der Waals surface area contributed by atoms with Gasteiger partial charge in [-0.25, -0.2) is 13.4 Å². The van der Waals surface area contributed by atoms with Crippen molar-refractivity contribution in [1.82, 2.24) is 4.98 Å². The number of piperidine rings is 1. The summed E-state index contributed by atoms with van der Waals surface area (Å²) in [5.41, 5.74) is 2.03. The summed E-state index contributed by atoms with van der Waals surface area (Å²) in [6.07, 6.45) is 1.08. The fourth-order valence-corrected chi connectivity index (χ4v) is 6.60. The molecule has 0 unspecified atom stereocenters. The minimum Gasteiger partial charge on any atom is -0.495 e. The van der Waals surface area contributed by atoms with Crippen molar-refractivity contribution in [3.8, 4) is 17.0 Å². The molecule has 0 radical (unpaired) electrons. The van der Waals surface area contributed by atoms with Crippen LogP contribution in [0.3, 0.4) is 0 Å². The second-order valence-electron chi connectivity index (χ2n) is 6.91. The smallest absolute Gasteiger partial charge is 0.185 e. The van der Waals surface area contributed by atoms with Gasteiger partial charge in [0.15, 0.2) is 15.0 Å². The van der Waals surface area contributed by atoms with Crippen LogP contribution in [-0.4, -0.2) is 38.9 Å². The first-order valence-electron chi connectivity index (χ1n) is 9.32. The zero-order chi connectivity index (χ0) is 20.4. The zero-order valence-corrected chi connectivity index (χ0v) is 18.3. The van der Waals surface area contributed by atoms with E-state index in [4.69, 9.17) is 21.3 Å². The van der Waals surface area contributed by atoms with Crippen LogP contribution in [-0.2, 0) is 9.84 Å². The molecule has 0 bridgehead atoms. The van der Waals surface area contributed by atoms with Crippen LogP contribution in [0, 0.1) is 0 Å². The normalized spacial score (nSPS) is 15.4. The van der Waals surface area contributed by atoms with Crippen molar-refractivity contribution >= 4 is 37.9 Å². The Morgan fingerprint density at radius 3 is 2.55 bits per heavy atom. The Hall–Kier alpha value is -2.09. The fraction of sp³-hybridized carbons (Fsp3) is 0.286. The second-order valence-corrected chi connectivity index (χ2v) is 10.4. The van der Waals surface area contributed by atoms with Gasteiger partial charge in [-0.1, -0.05) is 41.9 Å². The second kappa shape index (κ2) is 8.34. The Morgan fingerprint density at radius 2 is 1.86 bits per heavy atom. The van der Waals surface area contributed by atoms with Crippen LogP contribution >= 0.6 is 22.9 Å². The predicted molar refractivity (Wildman–Crippen MR) is 118 cm³/mol. The molecule has 5 nitrogen and oxygen atoms in total. The fourth-order valence-electron chi connectivity index (χ4n) is 3.56. The first-order chi connectivity index (χ1) is 14.0. The Bertz CT molecular complexity index is 1090. The molecule has 152 valence electrons. The summed E-state index contributed by atoms with van der Waals surface area (Å²) in [5, 5.41) is 2.90. The molecule has 0 saturated carbocycles. The van der Waals surface area contributed by atoms with Crippen LogP contribution in [0.15, 0.2) is 58.8 Å². The van der Waals surface area contributed by atoms with Gasteiger partial charge in [-0.05, 0) is 31.0 Å². The number of hydrogen-bond acceptors (Lipinski definition) is 6. The van der Waals surface area contributed by atoms with Crippen molar-refractivity contribution in [2.24, 2.45) is 0 Å². The molecule has 0 N–H and O–H groups in total. The number of thiazole rings is 1. The number of nitrogens with zero attached hydrogens (tertiary/aromatic N) is 2. The maximum absolute atomic E-state index is 13.2. The van der Waals surface area contributed by atoms with E-state index in [9.17, 15) is 8.42 Å². The van der Waals surface area contributed by atoms with Gasteiger partial charge in [0.05, 0.1) is 18.1 Å². The number of anilines is 1. The molecule has 1 aliphatic heterocycles. The molecule has 1 fully saturated rings. The lowest BCUT2D eigenvalue weighted by molar-refractivity contribution is 0.402. The summed E-state index contributed by atoms with van der Waals surface area (Å²) >= 11 is 7.63. The predicted octanol–water partition coefficient (Wildman–Crippen LogP) is 4.91. The maximum atomic E-state index is 13.2. The number of ether oxygens (including phenoxy) is 1. The lowest BCUT2D eigenvalue weighted by atomic mass is 10.1. The van der Waals surface area contributed by atoms with Gasteiger partial charge >= 0.3 is 0 Å². The van der Waals surface area contributed by atoms with Crippen molar-refractivity contribution < 1.29 is 13.2 Å². The van der Waals surface area contributed by atoms with Crippen LogP contribution in [0.2, 0.25) is 5.02 Å². The standard InChI is InChI=1S/C21H21ClN2O3S2/c1-27-19-8-7-16(22)13-20(19)29(25,26)17-9-11-24(12-10-17)21-23-18(14-28-21)15-5-3-2-4-6-15/h2-8,13-14,17H,9-12H2,1H3. The van der Waals surface area contributed by atoms with E-state index < -0.39 is 15.1 Å². The highest BCUT2D eigenvalue weighted by molar-refractivity contribution is 7.92. The highest BCUT2D eigenvalue weighted by Crippen LogP contribution is 2.35. The third-order valence-corrected chi connectivity index (χ3v) is 8.56. The molecule has 1 aromatic heterocycles. The minimum atomic E-state index is -3.52. The van der Waals surface area contributed by atoms with Crippen molar-refractivity contribution in [2.75, 3.05) is 25.1 Å². The number of halogens is 1. The van der Waals surface area contributed by atoms with Gasteiger partial charge in [0, 0.05) is 29.1 Å². The molecule has 2 aromatic carbocycles. The molecular formula is C21H21ClN2O3S2. The molecule has 29 heavy (non-hydrogen) atoms. The molecule has 3 aromatic rings. The van der Waals surface area contributed by atoms with E-state index >= 15 is 0 Å². The number of rotatable bonds is 5. The van der Waals surface area contributed by atoms with Crippen molar-refractivity contribution in [3.63, 3.8) is 0 Å². The van der Waals surface area contributed by atoms with Crippen LogP contribution in [0.4, 0.5) is 5.13 Å². The summed E-state index contributed by atoms with van der Waals surface area (Å²) in [5.74, 6) is 0.337. The van der Waals surface area contributed by atoms with E-state index in [1.807, 2.05) is 35.7 Å². The average molecular weight is 449 g/mol. The van der Waals surface area contributed by atoms with E-state index in [1.54, 1.807) is 23.5 Å². The molecular weight excluding hydrogens is 428 g/mol. The molecule has 4 rings (SSSR count). The third kappa shape index (κ3) is 4.13. The van der Waals surface area contributed by atoms with Gasteiger partial charge in [0.1, 0.15) is 10.6 Å². The first kappa shape index (κ1) is 20.2. The van der Waals surface area contributed by atoms with E-state index in [-0.39, 0.29) is 4.90 Å². The first-order valence-corrected chi connectivity index (χ1v) is 12.1. The number of benzene rings is 2. The minimum absolute atomic E-state index is 0.173. The molecule has 0 aliphatic carbocycles. The number of hydrogen-bond donors (Lipinski definition) is 0. The van der Waals surface area contributed by atoms with E-state index in [1.165, 1.54) is 13.2 Å². The number of methoxy groups -OCH3 is 1. The monoisotopic (exact) mass is 448 g/mol. The summed E-state index contributed by atoms with van der Waals surface area (Å²) in [4.78, 5) is 7.08.